The zero-order valence-corrected chi connectivity index (χ0v) is 19.1. The van der Waals surface area contributed by atoms with Gasteiger partial charge in [-0.3, -0.25) is 5.32 Å². The van der Waals surface area contributed by atoms with E-state index < -0.39 is 17.8 Å². The molecule has 0 aromatic heterocycles. The minimum absolute atomic E-state index is 0.144. The van der Waals surface area contributed by atoms with Gasteiger partial charge in [0.1, 0.15) is 11.4 Å². The summed E-state index contributed by atoms with van der Waals surface area (Å²) in [5, 5.41) is 19.9. The highest BCUT2D eigenvalue weighted by Crippen LogP contribution is 2.16. The number of amides is 1. The van der Waals surface area contributed by atoms with Gasteiger partial charge in [-0.2, -0.15) is 0 Å². The van der Waals surface area contributed by atoms with E-state index in [1.54, 1.807) is 7.11 Å². The van der Waals surface area contributed by atoms with Crippen LogP contribution in [-0.4, -0.2) is 49.6 Å². The Hall–Kier alpha value is -2.61. The van der Waals surface area contributed by atoms with Gasteiger partial charge in [-0.1, -0.05) is 24.3 Å². The van der Waals surface area contributed by atoms with Gasteiger partial charge in [0, 0.05) is 24.8 Å². The zero-order chi connectivity index (χ0) is 22.9. The number of rotatable bonds is 10. The molecule has 0 spiro atoms. The molecule has 170 valence electrons. The second-order valence-electron chi connectivity index (χ2n) is 8.48. The SMILES string of the molecule is CNC(Cc1cccc(NC(=O)OC(C)(C)C)c1)[C@H](O)CNCc1cccc(OC)c1. The van der Waals surface area contributed by atoms with E-state index in [0.29, 0.717) is 25.2 Å². The minimum atomic E-state index is -0.585. The van der Waals surface area contributed by atoms with Crippen LogP contribution in [0.3, 0.4) is 0 Å². The Kier molecular flexibility index (Phi) is 9.30. The first-order chi connectivity index (χ1) is 14.7. The van der Waals surface area contributed by atoms with Crippen LogP contribution in [-0.2, 0) is 17.7 Å². The van der Waals surface area contributed by atoms with Crippen LogP contribution in [0.1, 0.15) is 31.9 Å². The van der Waals surface area contributed by atoms with Gasteiger partial charge in [-0.25, -0.2) is 4.79 Å². The molecular weight excluding hydrogens is 394 g/mol. The monoisotopic (exact) mass is 429 g/mol. The summed E-state index contributed by atoms with van der Waals surface area (Å²) in [6, 6.07) is 15.2. The van der Waals surface area contributed by atoms with Crippen molar-refractivity contribution in [1.82, 2.24) is 10.6 Å². The molecule has 0 radical (unpaired) electrons. The third-order valence-corrected chi connectivity index (χ3v) is 4.68. The normalized spacial score (nSPS) is 13.4. The number of anilines is 1. The number of ether oxygens (including phenoxy) is 2. The zero-order valence-electron chi connectivity index (χ0n) is 19.1. The fourth-order valence-electron chi connectivity index (χ4n) is 3.17. The van der Waals surface area contributed by atoms with Crippen LogP contribution in [0, 0.1) is 0 Å². The Morgan fingerprint density at radius 1 is 1.10 bits per heavy atom. The second kappa shape index (κ2) is 11.7. The molecule has 0 aliphatic carbocycles. The van der Waals surface area contributed by atoms with E-state index in [1.807, 2.05) is 76.3 Å². The third-order valence-electron chi connectivity index (χ3n) is 4.68. The first-order valence-corrected chi connectivity index (χ1v) is 10.5. The maximum absolute atomic E-state index is 12.0. The summed E-state index contributed by atoms with van der Waals surface area (Å²) in [4.78, 5) is 12.0. The van der Waals surface area contributed by atoms with Gasteiger partial charge >= 0.3 is 6.09 Å². The summed E-state index contributed by atoms with van der Waals surface area (Å²) < 4.78 is 10.5. The van der Waals surface area contributed by atoms with Gasteiger partial charge in [0.2, 0.25) is 0 Å². The quantitative estimate of drug-likeness (QED) is 0.463. The van der Waals surface area contributed by atoms with Crippen LogP contribution < -0.4 is 20.7 Å². The van der Waals surface area contributed by atoms with Gasteiger partial charge in [0.15, 0.2) is 0 Å². The molecule has 0 fully saturated rings. The van der Waals surface area contributed by atoms with Gasteiger partial charge in [-0.15, -0.1) is 0 Å². The van der Waals surface area contributed by atoms with Crippen molar-refractivity contribution in [1.29, 1.82) is 0 Å². The molecule has 1 amide bonds. The second-order valence-corrected chi connectivity index (χ2v) is 8.48. The van der Waals surface area contributed by atoms with Crippen molar-refractivity contribution in [3.8, 4) is 5.75 Å². The molecule has 2 atom stereocenters. The molecule has 0 aliphatic rings. The highest BCUT2D eigenvalue weighted by atomic mass is 16.6. The lowest BCUT2D eigenvalue weighted by molar-refractivity contribution is 0.0636. The van der Waals surface area contributed by atoms with E-state index in [1.165, 1.54) is 0 Å². The lowest BCUT2D eigenvalue weighted by Crippen LogP contribution is -2.44. The van der Waals surface area contributed by atoms with Crippen LogP contribution in [0.25, 0.3) is 0 Å². The molecule has 31 heavy (non-hydrogen) atoms. The average molecular weight is 430 g/mol. The number of likely N-dealkylation sites (N-methyl/N-ethyl adjacent to an activating group) is 1. The molecule has 0 saturated carbocycles. The number of aliphatic hydroxyl groups is 1. The van der Waals surface area contributed by atoms with Crippen molar-refractivity contribution >= 4 is 11.8 Å². The van der Waals surface area contributed by atoms with Crippen molar-refractivity contribution in [3.63, 3.8) is 0 Å². The Morgan fingerprint density at radius 3 is 2.48 bits per heavy atom. The highest BCUT2D eigenvalue weighted by Gasteiger charge is 2.19. The van der Waals surface area contributed by atoms with E-state index in [9.17, 15) is 9.90 Å². The fraction of sp³-hybridized carbons (Fsp3) is 0.458. The molecule has 1 unspecified atom stereocenters. The highest BCUT2D eigenvalue weighted by molar-refractivity contribution is 5.84. The lowest BCUT2D eigenvalue weighted by Gasteiger charge is -2.23. The van der Waals surface area contributed by atoms with Crippen LogP contribution in [0.4, 0.5) is 10.5 Å². The maximum atomic E-state index is 12.0. The molecular formula is C24H35N3O4. The summed E-state index contributed by atoms with van der Waals surface area (Å²) in [6.07, 6.45) is -0.461. The van der Waals surface area contributed by atoms with Crippen LogP contribution in [0.15, 0.2) is 48.5 Å². The summed E-state index contributed by atoms with van der Waals surface area (Å²) in [5.41, 5.74) is 2.20. The van der Waals surface area contributed by atoms with Crippen molar-refractivity contribution in [3.05, 3.63) is 59.7 Å². The summed E-state index contributed by atoms with van der Waals surface area (Å²) in [6.45, 7) is 6.55. The van der Waals surface area contributed by atoms with E-state index in [0.717, 1.165) is 16.9 Å². The van der Waals surface area contributed by atoms with Gasteiger partial charge in [0.25, 0.3) is 0 Å². The van der Waals surface area contributed by atoms with Crippen molar-refractivity contribution in [2.75, 3.05) is 26.0 Å². The summed E-state index contributed by atoms with van der Waals surface area (Å²) in [7, 11) is 3.48. The van der Waals surface area contributed by atoms with Crippen LogP contribution in [0.2, 0.25) is 0 Å². The molecule has 0 saturated heterocycles. The summed E-state index contributed by atoms with van der Waals surface area (Å²) in [5.74, 6) is 0.813. The number of benzene rings is 2. The number of methoxy groups -OCH3 is 1. The van der Waals surface area contributed by atoms with E-state index in [-0.39, 0.29) is 6.04 Å². The average Bonchev–Trinajstić information content (AvgIpc) is 2.71. The standard InChI is InChI=1S/C24H35N3O4/c1-24(2,3)31-23(29)27-19-10-6-8-17(12-19)14-21(25-4)22(28)16-26-15-18-9-7-11-20(13-18)30-5/h6-13,21-22,25-26,28H,14-16H2,1-5H3,(H,27,29)/t21?,22-/m1/s1. The molecule has 2 aromatic rings. The van der Waals surface area contributed by atoms with Crippen LogP contribution in [0.5, 0.6) is 5.75 Å². The molecule has 7 heteroatoms. The maximum Gasteiger partial charge on any atom is 0.412 e. The number of hydrogen-bond acceptors (Lipinski definition) is 6. The Balaban J connectivity index is 1.88. The number of carbonyl (C=O) groups is 1. The van der Waals surface area contributed by atoms with E-state index in [4.69, 9.17) is 9.47 Å². The lowest BCUT2D eigenvalue weighted by atomic mass is 10.0. The predicted molar refractivity (Wildman–Crippen MR) is 124 cm³/mol. The van der Waals surface area contributed by atoms with E-state index >= 15 is 0 Å². The Labute approximate surface area is 185 Å². The number of aliphatic hydroxyl groups excluding tert-OH is 1. The predicted octanol–water partition coefficient (Wildman–Crippen LogP) is 3.32. The molecule has 2 aromatic carbocycles. The fourth-order valence-corrected chi connectivity index (χ4v) is 3.17. The molecule has 0 bridgehead atoms. The topological polar surface area (TPSA) is 91.9 Å². The summed E-state index contributed by atoms with van der Waals surface area (Å²) >= 11 is 0. The van der Waals surface area contributed by atoms with Crippen LogP contribution >= 0.6 is 0 Å². The number of nitrogens with one attached hydrogen (secondary N) is 3. The van der Waals surface area contributed by atoms with Crippen molar-refractivity contribution < 1.29 is 19.4 Å². The Bertz CT molecular complexity index is 836. The largest absolute Gasteiger partial charge is 0.497 e. The minimum Gasteiger partial charge on any atom is -0.497 e. The third kappa shape index (κ3) is 8.96. The van der Waals surface area contributed by atoms with Gasteiger partial charge in [-0.05, 0) is 69.6 Å². The van der Waals surface area contributed by atoms with Gasteiger partial charge in [0.05, 0.1) is 13.2 Å². The Morgan fingerprint density at radius 2 is 1.81 bits per heavy atom. The van der Waals surface area contributed by atoms with Gasteiger partial charge < -0.3 is 25.2 Å². The van der Waals surface area contributed by atoms with Crippen molar-refractivity contribution in [2.24, 2.45) is 0 Å². The van der Waals surface area contributed by atoms with Crippen molar-refractivity contribution in [2.45, 2.75) is 51.5 Å². The number of hydrogen-bond donors (Lipinski definition) is 4. The van der Waals surface area contributed by atoms with E-state index in [2.05, 4.69) is 16.0 Å². The molecule has 0 aliphatic heterocycles. The molecule has 4 N–H and O–H groups in total. The first-order valence-electron chi connectivity index (χ1n) is 10.5. The molecule has 7 nitrogen and oxygen atoms in total. The molecule has 0 heterocycles. The molecule has 2 rings (SSSR count). The number of carbonyl (C=O) groups excluding carboxylic acids is 1. The first kappa shape index (κ1) is 24.7. The smallest absolute Gasteiger partial charge is 0.412 e.